The number of benzene rings is 2. The van der Waals surface area contributed by atoms with Crippen molar-refractivity contribution in [1.82, 2.24) is 9.78 Å². The Morgan fingerprint density at radius 2 is 1.90 bits per heavy atom. The van der Waals surface area contributed by atoms with Crippen LogP contribution < -0.4 is 10.1 Å². The van der Waals surface area contributed by atoms with Crippen LogP contribution in [0.1, 0.15) is 31.9 Å². The Bertz CT molecular complexity index is 1200. The van der Waals surface area contributed by atoms with E-state index in [1.165, 1.54) is 16.9 Å². The van der Waals surface area contributed by atoms with Crippen LogP contribution in [0.2, 0.25) is 5.02 Å². The Morgan fingerprint density at radius 1 is 1.10 bits per heavy atom. The second kappa shape index (κ2) is 9.37. The van der Waals surface area contributed by atoms with Crippen LogP contribution in [0.25, 0.3) is 0 Å². The van der Waals surface area contributed by atoms with E-state index in [-0.39, 0.29) is 5.91 Å². The monoisotopic (exact) mass is 451 g/mol. The maximum absolute atomic E-state index is 12.7. The first-order valence-corrected chi connectivity index (χ1v) is 11.1. The van der Waals surface area contributed by atoms with Gasteiger partial charge in [0, 0.05) is 11.8 Å². The fraction of sp³-hybridized carbons (Fsp3) is 0.167. The lowest BCUT2D eigenvalue weighted by molar-refractivity contribution is 0.103. The lowest BCUT2D eigenvalue weighted by atomic mass is 10.1. The number of nitrogens with zero attached hydrogens (tertiary/aromatic N) is 2. The molecule has 0 unspecified atom stereocenters. The van der Waals surface area contributed by atoms with Gasteiger partial charge >= 0.3 is 0 Å². The minimum Gasteiger partial charge on any atom is -0.489 e. The highest BCUT2D eigenvalue weighted by molar-refractivity contribution is 7.12. The van der Waals surface area contributed by atoms with Crippen LogP contribution >= 0.6 is 22.9 Å². The molecule has 4 rings (SSSR count). The summed E-state index contributed by atoms with van der Waals surface area (Å²) in [6.07, 6.45) is 1.71. The summed E-state index contributed by atoms with van der Waals surface area (Å²) in [5.41, 5.74) is 4.39. The largest absolute Gasteiger partial charge is 0.489 e. The topological polar surface area (TPSA) is 56.2 Å². The van der Waals surface area contributed by atoms with Gasteiger partial charge in [0.25, 0.3) is 5.91 Å². The van der Waals surface area contributed by atoms with Crippen LogP contribution in [0.5, 0.6) is 5.75 Å². The molecule has 1 N–H and O–H groups in total. The second-order valence-electron chi connectivity index (χ2n) is 7.39. The summed E-state index contributed by atoms with van der Waals surface area (Å²) in [5.74, 6) is 0.919. The molecule has 0 aliphatic rings. The first kappa shape index (κ1) is 21.2. The van der Waals surface area contributed by atoms with Gasteiger partial charge < -0.3 is 10.1 Å². The molecule has 2 aromatic heterocycles. The molecule has 2 aromatic carbocycles. The molecule has 0 aliphatic heterocycles. The van der Waals surface area contributed by atoms with Gasteiger partial charge in [-0.15, -0.1) is 11.3 Å². The Balaban J connectivity index is 1.37. The molecule has 0 atom stereocenters. The van der Waals surface area contributed by atoms with Gasteiger partial charge in [-0.3, -0.25) is 9.48 Å². The fourth-order valence-electron chi connectivity index (χ4n) is 3.05. The zero-order chi connectivity index (χ0) is 21.8. The Kier molecular flexibility index (Phi) is 6.39. The third kappa shape index (κ3) is 5.54. The molecule has 0 spiro atoms. The van der Waals surface area contributed by atoms with Crippen molar-refractivity contribution in [3.63, 3.8) is 0 Å². The van der Waals surface area contributed by atoms with Gasteiger partial charge in [0.15, 0.2) is 5.82 Å². The smallest absolute Gasteiger partial charge is 0.266 e. The Labute approximate surface area is 190 Å². The second-order valence-corrected chi connectivity index (χ2v) is 8.71. The molecule has 0 radical (unpaired) electrons. The molecule has 0 saturated carbocycles. The molecule has 4 aromatic rings. The summed E-state index contributed by atoms with van der Waals surface area (Å²) in [7, 11) is 0. The lowest BCUT2D eigenvalue weighted by Crippen LogP contribution is -2.11. The summed E-state index contributed by atoms with van der Waals surface area (Å²) < 4.78 is 7.53. The highest BCUT2D eigenvalue weighted by atomic mass is 35.5. The molecule has 2 heterocycles. The first-order valence-electron chi connectivity index (χ1n) is 9.83. The van der Waals surface area contributed by atoms with Crippen LogP contribution in [0, 0.1) is 13.8 Å². The van der Waals surface area contributed by atoms with E-state index in [0.29, 0.717) is 28.9 Å². The summed E-state index contributed by atoms with van der Waals surface area (Å²) in [6.45, 7) is 5.05. The fourth-order valence-corrected chi connectivity index (χ4v) is 4.04. The van der Waals surface area contributed by atoms with Gasteiger partial charge in [-0.1, -0.05) is 53.6 Å². The van der Waals surface area contributed by atoms with Gasteiger partial charge in [0.1, 0.15) is 17.4 Å². The first-order chi connectivity index (χ1) is 15.0. The molecule has 31 heavy (non-hydrogen) atoms. The van der Waals surface area contributed by atoms with Crippen LogP contribution in [-0.4, -0.2) is 15.7 Å². The zero-order valence-electron chi connectivity index (χ0n) is 17.3. The Morgan fingerprint density at radius 3 is 2.68 bits per heavy atom. The number of carbonyl (C=O) groups is 1. The molecular weight excluding hydrogens is 430 g/mol. The number of anilines is 1. The van der Waals surface area contributed by atoms with E-state index >= 15 is 0 Å². The molecule has 1 amide bonds. The molecule has 0 saturated heterocycles. The number of ether oxygens (including phenoxy) is 1. The minimum absolute atomic E-state index is 0.241. The van der Waals surface area contributed by atoms with Crippen molar-refractivity contribution >= 4 is 34.7 Å². The SMILES string of the molecule is Cc1ccc(Cn2cc(Cl)c(NC(=O)c3cc(COc4cccc(C)c4)cs3)n2)cc1. The van der Waals surface area contributed by atoms with E-state index in [0.717, 1.165) is 22.4 Å². The van der Waals surface area contributed by atoms with Gasteiger partial charge in [0.2, 0.25) is 0 Å². The molecule has 5 nitrogen and oxygen atoms in total. The maximum Gasteiger partial charge on any atom is 0.266 e. The van der Waals surface area contributed by atoms with Crippen LogP contribution in [0.3, 0.4) is 0 Å². The van der Waals surface area contributed by atoms with E-state index < -0.39 is 0 Å². The molecule has 0 fully saturated rings. The number of nitrogens with one attached hydrogen (secondary N) is 1. The standard InChI is InChI=1S/C24H22ClN3O2S/c1-16-6-8-18(9-7-16)12-28-13-21(25)23(27-28)26-24(29)22-11-19(15-31-22)14-30-20-5-3-4-17(2)10-20/h3-11,13,15H,12,14H2,1-2H3,(H,26,27,29). The zero-order valence-corrected chi connectivity index (χ0v) is 18.8. The van der Waals surface area contributed by atoms with E-state index in [1.807, 2.05) is 49.6 Å². The lowest BCUT2D eigenvalue weighted by Gasteiger charge is -2.05. The van der Waals surface area contributed by atoms with Crippen molar-refractivity contribution in [3.05, 3.63) is 98.3 Å². The highest BCUT2D eigenvalue weighted by Crippen LogP contribution is 2.23. The van der Waals surface area contributed by atoms with Crippen molar-refractivity contribution in [3.8, 4) is 5.75 Å². The van der Waals surface area contributed by atoms with Crippen molar-refractivity contribution in [2.24, 2.45) is 0 Å². The predicted octanol–water partition coefficient (Wildman–Crippen LogP) is 6.09. The van der Waals surface area contributed by atoms with E-state index in [1.54, 1.807) is 10.9 Å². The van der Waals surface area contributed by atoms with Crippen LogP contribution in [-0.2, 0) is 13.2 Å². The maximum atomic E-state index is 12.7. The molecular formula is C24H22ClN3O2S. The molecule has 0 bridgehead atoms. The molecule has 0 aliphatic carbocycles. The van der Waals surface area contributed by atoms with E-state index in [4.69, 9.17) is 16.3 Å². The minimum atomic E-state index is -0.241. The van der Waals surface area contributed by atoms with Crippen molar-refractivity contribution in [2.75, 3.05) is 5.32 Å². The third-order valence-corrected chi connectivity index (χ3v) is 5.94. The van der Waals surface area contributed by atoms with Gasteiger partial charge in [-0.25, -0.2) is 0 Å². The number of aryl methyl sites for hydroxylation is 2. The number of aromatic nitrogens is 2. The van der Waals surface area contributed by atoms with Crippen molar-refractivity contribution in [1.29, 1.82) is 0 Å². The Hall–Kier alpha value is -3.09. The molecule has 158 valence electrons. The third-order valence-electron chi connectivity index (χ3n) is 4.69. The van der Waals surface area contributed by atoms with Crippen molar-refractivity contribution in [2.45, 2.75) is 27.0 Å². The number of thiophene rings is 1. The number of rotatable bonds is 7. The summed E-state index contributed by atoms with van der Waals surface area (Å²) >= 11 is 7.65. The number of hydrogen-bond acceptors (Lipinski definition) is 4. The van der Waals surface area contributed by atoms with Gasteiger partial charge in [-0.05, 0) is 48.6 Å². The van der Waals surface area contributed by atoms with Gasteiger partial charge in [0.05, 0.1) is 11.4 Å². The highest BCUT2D eigenvalue weighted by Gasteiger charge is 2.15. The normalized spacial score (nSPS) is 10.8. The summed E-state index contributed by atoms with van der Waals surface area (Å²) in [6, 6.07) is 17.9. The summed E-state index contributed by atoms with van der Waals surface area (Å²) in [4.78, 5) is 13.2. The average molecular weight is 452 g/mol. The van der Waals surface area contributed by atoms with Crippen LogP contribution in [0.4, 0.5) is 5.82 Å². The van der Waals surface area contributed by atoms with Crippen LogP contribution in [0.15, 0.2) is 66.2 Å². The quantitative estimate of drug-likeness (QED) is 0.369. The number of halogens is 1. The number of amides is 1. The van der Waals surface area contributed by atoms with Gasteiger partial charge in [-0.2, -0.15) is 5.10 Å². The summed E-state index contributed by atoms with van der Waals surface area (Å²) in [5, 5.41) is 9.54. The van der Waals surface area contributed by atoms with E-state index in [9.17, 15) is 4.79 Å². The molecule has 7 heteroatoms. The van der Waals surface area contributed by atoms with Crippen molar-refractivity contribution < 1.29 is 9.53 Å². The number of carbonyl (C=O) groups excluding carboxylic acids is 1. The van der Waals surface area contributed by atoms with E-state index in [2.05, 4.69) is 34.7 Å². The average Bonchev–Trinajstić information content (AvgIpc) is 3.35. The predicted molar refractivity (Wildman–Crippen MR) is 125 cm³/mol. The number of hydrogen-bond donors (Lipinski definition) is 1.